The molecule has 0 aromatic carbocycles. The fraction of sp³-hybridized carbons (Fsp3) is 0.200. The number of carbonyl (C=O) groups excluding carboxylic acids is 2. The molecule has 2 aromatic heterocycles. The van der Waals surface area contributed by atoms with Crippen LogP contribution in [0.1, 0.15) is 21.2 Å². The summed E-state index contributed by atoms with van der Waals surface area (Å²) in [5.41, 5.74) is 0. The zero-order valence-corrected chi connectivity index (χ0v) is 10.1. The van der Waals surface area contributed by atoms with Crippen LogP contribution in [0.5, 0.6) is 0 Å². The zero-order chi connectivity index (χ0) is 13.8. The highest BCUT2D eigenvalue weighted by Gasteiger charge is 2.14. The number of nitrogens with zero attached hydrogens (tertiary/aromatic N) is 5. The highest BCUT2D eigenvalue weighted by atomic mass is 16.5. The van der Waals surface area contributed by atoms with Crippen molar-refractivity contribution >= 4 is 11.9 Å². The van der Waals surface area contributed by atoms with E-state index < -0.39 is 11.9 Å². The predicted octanol–water partition coefficient (Wildman–Crippen LogP) is -0.370. The molecule has 0 bridgehead atoms. The number of carbonyl (C=O) groups is 2. The van der Waals surface area contributed by atoms with E-state index in [1.54, 1.807) is 0 Å². The molecule has 2 aromatic rings. The van der Waals surface area contributed by atoms with Crippen molar-refractivity contribution in [1.29, 1.82) is 0 Å². The van der Waals surface area contributed by atoms with Crippen LogP contribution in [0.3, 0.4) is 0 Å². The van der Waals surface area contributed by atoms with Crippen molar-refractivity contribution in [2.45, 2.75) is 0 Å². The molecule has 0 saturated heterocycles. The summed E-state index contributed by atoms with van der Waals surface area (Å²) in [6, 6.07) is 1.50. The normalized spacial score (nSPS) is 10.0. The molecule has 0 fully saturated rings. The minimum absolute atomic E-state index is 0.110. The molecule has 9 heteroatoms. The van der Waals surface area contributed by atoms with Gasteiger partial charge in [0.2, 0.25) is 5.82 Å². The molecule has 0 spiro atoms. The maximum absolute atomic E-state index is 11.3. The average molecular weight is 263 g/mol. The lowest BCUT2D eigenvalue weighted by molar-refractivity contribution is 0.0577. The average Bonchev–Trinajstić information content (AvgIpc) is 2.95. The predicted molar refractivity (Wildman–Crippen MR) is 59.6 cm³/mol. The molecule has 0 aliphatic carbocycles. The Balaban J connectivity index is 2.34. The summed E-state index contributed by atoms with van der Waals surface area (Å²) in [6.45, 7) is 0. The lowest BCUT2D eigenvalue weighted by Crippen LogP contribution is -2.10. The van der Waals surface area contributed by atoms with Gasteiger partial charge < -0.3 is 9.47 Å². The van der Waals surface area contributed by atoms with Gasteiger partial charge in [-0.2, -0.15) is 0 Å². The van der Waals surface area contributed by atoms with E-state index in [-0.39, 0.29) is 17.5 Å². The first-order valence-corrected chi connectivity index (χ1v) is 5.07. The Labute approximate surface area is 107 Å². The van der Waals surface area contributed by atoms with E-state index in [0.717, 1.165) is 0 Å². The van der Waals surface area contributed by atoms with Gasteiger partial charge in [-0.25, -0.2) is 29.2 Å². The van der Waals surface area contributed by atoms with Crippen molar-refractivity contribution < 1.29 is 19.1 Å². The van der Waals surface area contributed by atoms with Crippen molar-refractivity contribution in [1.82, 2.24) is 24.7 Å². The Morgan fingerprint density at radius 2 is 1.79 bits per heavy atom. The Kier molecular flexibility index (Phi) is 3.46. The van der Waals surface area contributed by atoms with Crippen LogP contribution in [0, 0.1) is 0 Å². The number of hydrogen-bond acceptors (Lipinski definition) is 8. The number of aromatic nitrogens is 5. The molecule has 0 unspecified atom stereocenters. The molecule has 0 atom stereocenters. The van der Waals surface area contributed by atoms with Gasteiger partial charge in [0.1, 0.15) is 6.33 Å². The van der Waals surface area contributed by atoms with Gasteiger partial charge in [-0.3, -0.25) is 0 Å². The fourth-order valence-electron chi connectivity index (χ4n) is 1.22. The SMILES string of the molecule is COC(=O)c1nccc(-n2cnc(C(=O)OC)n2)n1. The third-order valence-electron chi connectivity index (χ3n) is 2.10. The van der Waals surface area contributed by atoms with E-state index in [2.05, 4.69) is 29.5 Å². The number of ether oxygens (including phenoxy) is 2. The largest absolute Gasteiger partial charge is 0.463 e. The number of methoxy groups -OCH3 is 2. The number of rotatable bonds is 3. The van der Waals surface area contributed by atoms with Gasteiger partial charge in [0, 0.05) is 12.3 Å². The lowest BCUT2D eigenvalue weighted by Gasteiger charge is -2.01. The van der Waals surface area contributed by atoms with E-state index in [0.29, 0.717) is 0 Å². The van der Waals surface area contributed by atoms with Crippen LogP contribution in [-0.2, 0) is 9.47 Å². The van der Waals surface area contributed by atoms with Gasteiger partial charge in [0.05, 0.1) is 14.2 Å². The van der Waals surface area contributed by atoms with E-state index in [4.69, 9.17) is 0 Å². The summed E-state index contributed by atoms with van der Waals surface area (Å²) in [4.78, 5) is 34.0. The summed E-state index contributed by atoms with van der Waals surface area (Å²) in [5.74, 6) is -1.29. The van der Waals surface area contributed by atoms with Gasteiger partial charge >= 0.3 is 11.9 Å². The maximum Gasteiger partial charge on any atom is 0.377 e. The Bertz CT molecular complexity index is 624. The summed E-state index contributed by atoms with van der Waals surface area (Å²) in [6.07, 6.45) is 2.64. The Hall–Kier alpha value is -2.84. The van der Waals surface area contributed by atoms with Crippen LogP contribution in [-0.4, -0.2) is 50.9 Å². The summed E-state index contributed by atoms with van der Waals surface area (Å²) in [5, 5.41) is 3.87. The van der Waals surface area contributed by atoms with Gasteiger partial charge in [0.15, 0.2) is 5.82 Å². The fourth-order valence-corrected chi connectivity index (χ4v) is 1.22. The number of esters is 2. The lowest BCUT2D eigenvalue weighted by atomic mass is 10.5. The standard InChI is InChI=1S/C10H9N5O4/c1-18-9(16)7-11-4-3-6(13-7)15-5-12-8(14-15)10(17)19-2/h3-5H,1-2H3. The quantitative estimate of drug-likeness (QED) is 0.690. The molecular weight excluding hydrogens is 254 g/mol. The maximum atomic E-state index is 11.3. The van der Waals surface area contributed by atoms with E-state index >= 15 is 0 Å². The molecule has 98 valence electrons. The molecule has 0 aliphatic rings. The summed E-state index contributed by atoms with van der Waals surface area (Å²) < 4.78 is 10.2. The van der Waals surface area contributed by atoms with Crippen LogP contribution in [0.25, 0.3) is 5.82 Å². The van der Waals surface area contributed by atoms with Crippen molar-refractivity contribution in [2.75, 3.05) is 14.2 Å². The molecule has 2 rings (SSSR count). The van der Waals surface area contributed by atoms with E-state index in [1.807, 2.05) is 0 Å². The van der Waals surface area contributed by atoms with Crippen LogP contribution in [0.4, 0.5) is 0 Å². The van der Waals surface area contributed by atoms with Gasteiger partial charge in [-0.15, -0.1) is 5.10 Å². The minimum Gasteiger partial charge on any atom is -0.463 e. The second kappa shape index (κ2) is 5.21. The molecule has 9 nitrogen and oxygen atoms in total. The first-order chi connectivity index (χ1) is 9.15. The van der Waals surface area contributed by atoms with E-state index in [1.165, 1.54) is 37.5 Å². The van der Waals surface area contributed by atoms with Gasteiger partial charge in [-0.1, -0.05) is 0 Å². The first-order valence-electron chi connectivity index (χ1n) is 5.07. The molecule has 0 aliphatic heterocycles. The number of hydrogen-bond donors (Lipinski definition) is 0. The molecule has 0 radical (unpaired) electrons. The third-order valence-corrected chi connectivity index (χ3v) is 2.10. The summed E-state index contributed by atoms with van der Waals surface area (Å²) in [7, 11) is 2.45. The second-order valence-electron chi connectivity index (χ2n) is 3.23. The molecule has 0 amide bonds. The Morgan fingerprint density at radius 1 is 1.11 bits per heavy atom. The smallest absolute Gasteiger partial charge is 0.377 e. The second-order valence-corrected chi connectivity index (χ2v) is 3.23. The van der Waals surface area contributed by atoms with Crippen LogP contribution in [0.15, 0.2) is 18.6 Å². The molecule has 19 heavy (non-hydrogen) atoms. The topological polar surface area (TPSA) is 109 Å². The van der Waals surface area contributed by atoms with E-state index in [9.17, 15) is 9.59 Å². The third kappa shape index (κ3) is 2.54. The summed E-state index contributed by atoms with van der Waals surface area (Å²) >= 11 is 0. The molecule has 2 heterocycles. The van der Waals surface area contributed by atoms with Gasteiger partial charge in [0.25, 0.3) is 5.82 Å². The zero-order valence-electron chi connectivity index (χ0n) is 10.1. The minimum atomic E-state index is -0.671. The van der Waals surface area contributed by atoms with Crippen LogP contribution in [0.2, 0.25) is 0 Å². The van der Waals surface area contributed by atoms with Crippen molar-refractivity contribution in [2.24, 2.45) is 0 Å². The van der Waals surface area contributed by atoms with Crippen molar-refractivity contribution in [3.05, 3.63) is 30.2 Å². The van der Waals surface area contributed by atoms with Crippen LogP contribution < -0.4 is 0 Å². The van der Waals surface area contributed by atoms with Crippen LogP contribution >= 0.6 is 0 Å². The van der Waals surface area contributed by atoms with Gasteiger partial charge in [-0.05, 0) is 0 Å². The highest BCUT2D eigenvalue weighted by molar-refractivity contribution is 5.85. The van der Waals surface area contributed by atoms with Crippen molar-refractivity contribution in [3.8, 4) is 5.82 Å². The van der Waals surface area contributed by atoms with Crippen molar-refractivity contribution in [3.63, 3.8) is 0 Å². The molecular formula is C10H9N5O4. The Morgan fingerprint density at radius 3 is 2.47 bits per heavy atom. The monoisotopic (exact) mass is 263 g/mol. The molecule has 0 saturated carbocycles. The highest BCUT2D eigenvalue weighted by Crippen LogP contribution is 2.03. The first kappa shape index (κ1) is 12.6. The molecule has 0 N–H and O–H groups in total.